The molecule has 0 saturated carbocycles. The monoisotopic (exact) mass is 988 g/mol. The van der Waals surface area contributed by atoms with E-state index in [0.717, 1.165) is 0 Å². The van der Waals surface area contributed by atoms with E-state index in [2.05, 4.69) is 117 Å². The molecule has 0 amide bonds. The summed E-state index contributed by atoms with van der Waals surface area (Å²) in [5.41, 5.74) is 57.4. The van der Waals surface area contributed by atoms with Gasteiger partial charge < -0.3 is 92.5 Å². The summed E-state index contributed by atoms with van der Waals surface area (Å²) in [7, 11) is -16.2. The molecule has 0 aliphatic heterocycles. The Balaban J connectivity index is -0.000000192. The topological polar surface area (TPSA) is 573 Å². The summed E-state index contributed by atoms with van der Waals surface area (Å²) in [6.45, 7) is 5.47. The van der Waals surface area contributed by atoms with Crippen molar-refractivity contribution in [2.75, 3.05) is 71.2 Å². The number of hydrogen-bond donors (Lipinski definition) is 22. The zero-order valence-electron chi connectivity index (χ0n) is 30.5. The van der Waals surface area contributed by atoms with Crippen molar-refractivity contribution in [2.45, 2.75) is 0 Å². The largest absolute Gasteiger partial charge is 0.490 e. The molecule has 0 fully saturated rings. The lowest BCUT2D eigenvalue weighted by atomic mass is 10.5. The van der Waals surface area contributed by atoms with Crippen LogP contribution in [0.2, 0.25) is 0 Å². The molecule has 2 aromatic heterocycles. The number of phosphoric acid groups is 3. The fourth-order valence-corrected chi connectivity index (χ4v) is 5.00. The molecule has 0 aromatic carbocycles. The van der Waals surface area contributed by atoms with Crippen molar-refractivity contribution in [3.8, 4) is 0 Å². The minimum atomic E-state index is -5.46. The summed E-state index contributed by atoms with van der Waals surface area (Å²) in [4.78, 5) is 73.0. The predicted molar refractivity (Wildman–Crippen MR) is 245 cm³/mol. The second-order valence-corrected chi connectivity index (χ2v) is 15.1. The number of nitrogens with zero attached hydrogens (tertiary/aromatic N) is 8. The van der Waals surface area contributed by atoms with Gasteiger partial charge in [-0.2, -0.15) is 8.62 Å². The van der Waals surface area contributed by atoms with E-state index in [1.165, 1.54) is 12.7 Å². The molecule has 0 aliphatic rings. The van der Waals surface area contributed by atoms with E-state index in [0.29, 0.717) is 108 Å². The van der Waals surface area contributed by atoms with Gasteiger partial charge in [0.15, 0.2) is 37.3 Å². The van der Waals surface area contributed by atoms with Crippen LogP contribution >= 0.6 is 86.6 Å². The van der Waals surface area contributed by atoms with Crippen LogP contribution in [0.3, 0.4) is 0 Å². The van der Waals surface area contributed by atoms with Crippen LogP contribution < -0.4 is 63.1 Å². The number of rotatable bonds is 14. The van der Waals surface area contributed by atoms with Gasteiger partial charge in [0.2, 0.25) is 0 Å². The highest BCUT2D eigenvalue weighted by molar-refractivity contribution is 7.97. The molecule has 28 N–H and O–H groups in total. The number of nitrogens with two attached hydrogens (primary N) is 11. The Kier molecular flexibility index (Phi) is 44.8. The third kappa shape index (κ3) is 60.3. The van der Waals surface area contributed by atoms with Crippen molar-refractivity contribution >= 4 is 129 Å². The van der Waals surface area contributed by atoms with Gasteiger partial charge in [-0.25, -0.2) is 28.6 Å². The summed E-state index contributed by atoms with van der Waals surface area (Å²) in [5.74, 6) is 0.433. The first kappa shape index (κ1) is 64.8. The normalized spacial score (nSPS) is 12.3. The zero-order chi connectivity index (χ0) is 46.4. The van der Waals surface area contributed by atoms with Crippen LogP contribution in [-0.4, -0.2) is 136 Å². The molecular weight excluding hydrogens is 934 g/mol. The van der Waals surface area contributed by atoms with Gasteiger partial charge in [0.25, 0.3) is 0 Å². The molecule has 38 heteroatoms. The number of thiol groups is 5. The van der Waals surface area contributed by atoms with Crippen LogP contribution in [0.5, 0.6) is 0 Å². The number of nitrogens with one attached hydrogen (secondary N) is 1. The van der Waals surface area contributed by atoms with E-state index in [4.69, 9.17) is 87.5 Å². The van der Waals surface area contributed by atoms with Crippen LogP contribution in [0.15, 0.2) is 37.6 Å². The van der Waals surface area contributed by atoms with E-state index in [9.17, 15) is 13.7 Å². The second-order valence-electron chi connectivity index (χ2n) is 8.62. The first-order valence-corrected chi connectivity index (χ1v) is 21.6. The van der Waals surface area contributed by atoms with Crippen LogP contribution in [0.4, 0.5) is 5.82 Å². The third-order valence-electron chi connectivity index (χ3n) is 3.69. The van der Waals surface area contributed by atoms with Crippen molar-refractivity contribution in [3.63, 3.8) is 0 Å². The van der Waals surface area contributed by atoms with E-state index in [1.54, 1.807) is 0 Å². The van der Waals surface area contributed by atoms with E-state index in [1.807, 2.05) is 0 Å². The van der Waals surface area contributed by atoms with Crippen molar-refractivity contribution in [1.29, 1.82) is 0 Å². The minimum absolute atomic E-state index is 0.297. The molecule has 2 rings (SSSR count). The highest BCUT2D eigenvalue weighted by Crippen LogP contribution is 2.64. The van der Waals surface area contributed by atoms with Crippen LogP contribution in [0.25, 0.3) is 11.2 Å². The van der Waals surface area contributed by atoms with Gasteiger partial charge in [-0.05, 0) is 0 Å². The summed E-state index contributed by atoms with van der Waals surface area (Å²) in [6, 6.07) is 0. The van der Waals surface area contributed by atoms with Gasteiger partial charge in [-0.15, -0.1) is 63.1 Å². The molecule has 0 aliphatic carbocycles. The second kappa shape index (κ2) is 40.1. The molecule has 0 spiro atoms. The first-order chi connectivity index (χ1) is 26.6. The molecule has 340 valence electrons. The fourth-order valence-electron chi connectivity index (χ4n) is 1.96. The smallest absolute Gasteiger partial charge is 0.382 e. The number of imidazole rings is 1. The number of amidine groups is 5. The van der Waals surface area contributed by atoms with Gasteiger partial charge in [0.05, 0.1) is 39.1 Å². The summed E-state index contributed by atoms with van der Waals surface area (Å²) in [6.07, 6.45) is 2.92. The van der Waals surface area contributed by atoms with Crippen LogP contribution in [-0.2, 0) is 22.3 Å². The van der Waals surface area contributed by atoms with Crippen molar-refractivity contribution in [2.24, 2.45) is 82.3 Å². The van der Waals surface area contributed by atoms with E-state index in [-0.39, 0.29) is 0 Å². The molecule has 58 heavy (non-hydrogen) atoms. The highest BCUT2D eigenvalue weighted by Gasteiger charge is 2.38. The number of aromatic nitrogens is 4. The Hall–Kier alpha value is -2.34. The molecule has 0 atom stereocenters. The number of aliphatic imine (C=N–C) groups is 5. The number of hydrogen-bond acceptors (Lipinski definition) is 19. The van der Waals surface area contributed by atoms with Crippen LogP contribution in [0, 0.1) is 0 Å². The number of fused-ring (bicyclic) bond motifs is 1. The van der Waals surface area contributed by atoms with Gasteiger partial charge >= 0.3 is 23.5 Å². The average Bonchev–Trinajstić information content (AvgIpc) is 3.57. The number of anilines is 1. The van der Waals surface area contributed by atoms with Crippen molar-refractivity contribution in [3.05, 3.63) is 12.7 Å². The molecule has 0 radical (unpaired) electrons. The van der Waals surface area contributed by atoms with Crippen LogP contribution in [0.1, 0.15) is 0 Å². The Bertz CT molecular complexity index is 1490. The number of aromatic amines is 1. The third-order valence-corrected chi connectivity index (χ3v) is 7.75. The Morgan fingerprint density at radius 2 is 0.845 bits per heavy atom. The summed E-state index contributed by atoms with van der Waals surface area (Å²) in [5, 5.41) is 1.48. The fraction of sp³-hybridized carbons (Fsp3) is 0.500. The lowest BCUT2D eigenvalue weighted by Gasteiger charge is -2.11. The molecule has 30 nitrogen and oxygen atoms in total. The van der Waals surface area contributed by atoms with E-state index < -0.39 is 23.5 Å². The lowest BCUT2D eigenvalue weighted by Crippen LogP contribution is -2.08. The SMILES string of the molecule is NCCN=C(N)S.NCCN=C(N)S.NCCN=C(N)S.NCCN=C(N)S.NCCN=C(N)S.Nc1ncnc2nc[nH]c12.O=P(O)(O)OP(=O)(O)OP(=O)(O)O. The number of H-pyrrole nitrogens is 1. The molecule has 0 saturated heterocycles. The maximum Gasteiger partial charge on any atom is 0.490 e. The zero-order valence-corrected chi connectivity index (χ0v) is 37.7. The maximum absolute atomic E-state index is 10.4. The van der Waals surface area contributed by atoms with Crippen molar-refractivity contribution in [1.82, 2.24) is 19.9 Å². The Morgan fingerprint density at radius 3 is 1.03 bits per heavy atom. The highest BCUT2D eigenvalue weighted by atomic mass is 32.1. The molecule has 0 unspecified atom stereocenters. The molecular formula is C20H55N20O10P3S5. The molecule has 2 heterocycles. The molecule has 0 bridgehead atoms. The number of nitrogen functional groups attached to an aromatic ring is 1. The standard InChI is InChI=1S/C5H5N5.5C3H9N3S.H5O10P3/c6-4-3-5(9-1-7-3)10-2-8-4;5*4-1-2-6-3(5)7;1-11(2,3)9-13(7,8)10-12(4,5)6/h1-2H,(H3,6,7,8,9,10);5*1-2,4H2,(H3,5,6,7);(H,7,8)(H2,1,2,3)(H2,4,5,6). The van der Waals surface area contributed by atoms with E-state index >= 15 is 0 Å². The Labute approximate surface area is 360 Å². The van der Waals surface area contributed by atoms with Gasteiger partial charge in [0.1, 0.15) is 11.8 Å². The first-order valence-electron chi connectivity index (χ1n) is 14.9. The van der Waals surface area contributed by atoms with Gasteiger partial charge in [-0.3, -0.25) is 25.0 Å². The lowest BCUT2D eigenvalue weighted by molar-refractivity contribution is 0.204. The predicted octanol–water partition coefficient (Wildman–Crippen LogP) is -4.81. The summed E-state index contributed by atoms with van der Waals surface area (Å²) >= 11 is 18.5. The Morgan fingerprint density at radius 1 is 0.569 bits per heavy atom. The summed E-state index contributed by atoms with van der Waals surface area (Å²) < 4.78 is 36.4. The minimum Gasteiger partial charge on any atom is -0.382 e. The van der Waals surface area contributed by atoms with Crippen molar-refractivity contribution < 1.29 is 46.8 Å². The molecule has 2 aromatic rings. The van der Waals surface area contributed by atoms with Gasteiger partial charge in [0, 0.05) is 32.7 Å². The maximum atomic E-state index is 10.4. The quantitative estimate of drug-likeness (QED) is 0.0365. The average molecular weight is 989 g/mol. The van der Waals surface area contributed by atoms with Gasteiger partial charge in [-0.1, -0.05) is 0 Å².